The summed E-state index contributed by atoms with van der Waals surface area (Å²) in [6, 6.07) is 68.2. The number of fused-ring (bicyclic) bond motifs is 15. The first-order chi connectivity index (χ1) is 32.7. The zero-order valence-electron chi connectivity index (χ0n) is 35.0. The Morgan fingerprint density at radius 3 is 1.48 bits per heavy atom. The molecule has 0 bridgehead atoms. The molecule has 306 valence electrons. The summed E-state index contributed by atoms with van der Waals surface area (Å²) in [5.41, 5.74) is 11.1. The van der Waals surface area contributed by atoms with E-state index in [1.807, 2.05) is 103 Å². The maximum atomic E-state index is 11.6. The minimum Gasteiger partial charge on any atom is -0.455 e. The van der Waals surface area contributed by atoms with Crippen molar-refractivity contribution in [3.63, 3.8) is 0 Å². The molecule has 5 aromatic heterocycles. The van der Waals surface area contributed by atoms with Gasteiger partial charge in [-0.2, -0.15) is 5.26 Å². The summed E-state index contributed by atoms with van der Waals surface area (Å²) in [4.78, 5) is 15.3. The molecule has 5 heterocycles. The van der Waals surface area contributed by atoms with Gasteiger partial charge in [0.25, 0.3) is 0 Å². The van der Waals surface area contributed by atoms with Gasteiger partial charge >= 0.3 is 0 Å². The van der Waals surface area contributed by atoms with Crippen molar-refractivity contribution in [2.45, 2.75) is 0 Å². The molecular weight excluding hydrogens is 813 g/mol. The van der Waals surface area contributed by atoms with Crippen molar-refractivity contribution < 1.29 is 8.83 Å². The van der Waals surface area contributed by atoms with E-state index in [0.717, 1.165) is 93.1 Å². The Kier molecular flexibility index (Phi) is 7.59. The largest absolute Gasteiger partial charge is 0.455 e. The Bertz CT molecular complexity index is 4290. The highest BCUT2D eigenvalue weighted by Gasteiger charge is 2.31. The SMILES string of the molecule is N#Cc1cc(-c2nc(-c3ccccc3)nc(-c3ccccc3)n2)c2c(oc3ccccc32)c1-n1c2ccccc2c2c3c(c4ccccc4n3-c3ccccc3)c3oc4ccccc4c3c21. The molecule has 0 aliphatic carbocycles. The number of aromatic nitrogens is 5. The highest BCUT2D eigenvalue weighted by atomic mass is 16.3. The fourth-order valence-electron chi connectivity index (χ4n) is 10.3. The molecule has 8 nitrogen and oxygen atoms in total. The van der Waals surface area contributed by atoms with Crippen molar-refractivity contribution in [3.05, 3.63) is 200 Å². The average Bonchev–Trinajstić information content (AvgIpc) is 4.15. The predicted octanol–water partition coefficient (Wildman–Crippen LogP) is 14.7. The topological polar surface area (TPSA) is 98.6 Å². The van der Waals surface area contributed by atoms with Crippen LogP contribution in [-0.4, -0.2) is 24.1 Å². The molecule has 0 aliphatic rings. The van der Waals surface area contributed by atoms with Gasteiger partial charge in [-0.1, -0.05) is 152 Å². The standard InChI is InChI=1S/C58H32N6O2/c59-33-36-32-42(58-61-56(34-18-4-1-5-19-34)60-57(62-58)35-20-6-2-7-21-35)47-40-26-12-16-30-45(40)66-55(47)51(36)64-44-29-15-10-24-38(44)48-52-49(54-50(53(48)64)41-27-13-17-31-46(41)65-54)39-25-11-14-28-43(39)63(52)37-22-8-3-9-23-37/h1-32H. The van der Waals surface area contributed by atoms with E-state index in [9.17, 15) is 5.26 Å². The van der Waals surface area contributed by atoms with E-state index in [4.69, 9.17) is 23.8 Å². The first-order valence-electron chi connectivity index (χ1n) is 21.8. The summed E-state index contributed by atoms with van der Waals surface area (Å²) in [6.07, 6.45) is 0. The molecule has 0 N–H and O–H groups in total. The van der Waals surface area contributed by atoms with Crippen molar-refractivity contribution in [2.24, 2.45) is 0 Å². The van der Waals surface area contributed by atoms with Crippen LogP contribution in [0.4, 0.5) is 0 Å². The van der Waals surface area contributed by atoms with Crippen molar-refractivity contribution in [3.8, 4) is 51.6 Å². The molecule has 0 spiro atoms. The minimum atomic E-state index is 0.395. The van der Waals surface area contributed by atoms with Gasteiger partial charge in [-0.25, -0.2) is 15.0 Å². The summed E-state index contributed by atoms with van der Waals surface area (Å²) in [6.45, 7) is 0. The van der Waals surface area contributed by atoms with Crippen LogP contribution < -0.4 is 0 Å². The summed E-state index contributed by atoms with van der Waals surface area (Å²) < 4.78 is 18.7. The number of para-hydroxylation sites is 5. The molecule has 66 heavy (non-hydrogen) atoms. The molecule has 14 aromatic rings. The van der Waals surface area contributed by atoms with Crippen LogP contribution in [0.2, 0.25) is 0 Å². The zero-order chi connectivity index (χ0) is 43.5. The van der Waals surface area contributed by atoms with Crippen LogP contribution in [0.1, 0.15) is 5.56 Å². The highest BCUT2D eigenvalue weighted by molar-refractivity contribution is 6.39. The Labute approximate surface area is 375 Å². The first-order valence-corrected chi connectivity index (χ1v) is 21.8. The lowest BCUT2D eigenvalue weighted by Gasteiger charge is -2.15. The van der Waals surface area contributed by atoms with E-state index >= 15 is 0 Å². The number of benzene rings is 9. The van der Waals surface area contributed by atoms with E-state index in [2.05, 4.69) is 106 Å². The van der Waals surface area contributed by atoms with E-state index in [1.54, 1.807) is 0 Å². The molecule has 0 saturated heterocycles. The van der Waals surface area contributed by atoms with Crippen LogP contribution in [0.3, 0.4) is 0 Å². The lowest BCUT2D eigenvalue weighted by Crippen LogP contribution is -2.03. The summed E-state index contributed by atoms with van der Waals surface area (Å²) >= 11 is 0. The second-order valence-electron chi connectivity index (χ2n) is 16.6. The number of furan rings is 2. The number of nitriles is 1. The molecule has 0 amide bonds. The van der Waals surface area contributed by atoms with Crippen LogP contribution in [0.25, 0.3) is 133 Å². The molecule has 14 rings (SSSR count). The van der Waals surface area contributed by atoms with Crippen molar-refractivity contribution >= 4 is 87.5 Å². The smallest absolute Gasteiger partial charge is 0.164 e. The number of hydrogen-bond acceptors (Lipinski definition) is 6. The van der Waals surface area contributed by atoms with E-state index in [1.165, 1.54) is 0 Å². The predicted molar refractivity (Wildman–Crippen MR) is 264 cm³/mol. The van der Waals surface area contributed by atoms with Gasteiger partial charge in [0, 0.05) is 54.7 Å². The maximum absolute atomic E-state index is 11.6. The lowest BCUT2D eigenvalue weighted by molar-refractivity contribution is 0.666. The Morgan fingerprint density at radius 1 is 0.409 bits per heavy atom. The van der Waals surface area contributed by atoms with Crippen LogP contribution in [0, 0.1) is 11.3 Å². The van der Waals surface area contributed by atoms with Gasteiger partial charge in [0.05, 0.1) is 38.4 Å². The van der Waals surface area contributed by atoms with Gasteiger partial charge in [0.15, 0.2) is 23.1 Å². The van der Waals surface area contributed by atoms with E-state index in [0.29, 0.717) is 45.5 Å². The van der Waals surface area contributed by atoms with Crippen LogP contribution >= 0.6 is 0 Å². The summed E-state index contributed by atoms with van der Waals surface area (Å²) in [7, 11) is 0. The second-order valence-corrected chi connectivity index (χ2v) is 16.6. The molecule has 0 atom stereocenters. The molecule has 9 aromatic carbocycles. The molecule has 0 aliphatic heterocycles. The van der Waals surface area contributed by atoms with Gasteiger partial charge in [-0.3, -0.25) is 0 Å². The molecule has 0 fully saturated rings. The molecular formula is C58H32N6O2. The molecule has 0 unspecified atom stereocenters. The van der Waals surface area contributed by atoms with Crippen LogP contribution in [0.15, 0.2) is 203 Å². The Morgan fingerprint density at radius 2 is 0.864 bits per heavy atom. The quantitative estimate of drug-likeness (QED) is 0.171. The third-order valence-corrected chi connectivity index (χ3v) is 13.0. The Balaban J connectivity index is 1.19. The number of nitrogens with zero attached hydrogens (tertiary/aromatic N) is 6. The molecule has 0 saturated carbocycles. The second kappa shape index (κ2) is 13.8. The van der Waals surface area contributed by atoms with Crippen molar-refractivity contribution in [1.29, 1.82) is 5.26 Å². The minimum absolute atomic E-state index is 0.395. The molecule has 0 radical (unpaired) electrons. The Hall–Kier alpha value is -9.32. The summed E-state index contributed by atoms with van der Waals surface area (Å²) in [5.74, 6) is 1.48. The first kappa shape index (κ1) is 36.2. The molecule has 8 heteroatoms. The monoisotopic (exact) mass is 844 g/mol. The number of rotatable bonds is 5. The maximum Gasteiger partial charge on any atom is 0.164 e. The lowest BCUT2D eigenvalue weighted by atomic mass is 9.99. The third kappa shape index (κ3) is 5.05. The highest BCUT2D eigenvalue weighted by Crippen LogP contribution is 2.51. The van der Waals surface area contributed by atoms with Gasteiger partial charge in [-0.15, -0.1) is 0 Å². The normalized spacial score (nSPS) is 11.9. The number of hydrogen-bond donors (Lipinski definition) is 0. The van der Waals surface area contributed by atoms with Crippen molar-refractivity contribution in [1.82, 2.24) is 24.1 Å². The van der Waals surface area contributed by atoms with E-state index < -0.39 is 0 Å². The summed E-state index contributed by atoms with van der Waals surface area (Å²) in [5, 5.41) is 19.3. The van der Waals surface area contributed by atoms with Gasteiger partial charge in [0.1, 0.15) is 28.5 Å². The van der Waals surface area contributed by atoms with Crippen LogP contribution in [-0.2, 0) is 0 Å². The van der Waals surface area contributed by atoms with Gasteiger partial charge < -0.3 is 18.0 Å². The van der Waals surface area contributed by atoms with E-state index in [-0.39, 0.29) is 0 Å². The van der Waals surface area contributed by atoms with Gasteiger partial charge in [0.2, 0.25) is 0 Å². The average molecular weight is 845 g/mol. The third-order valence-electron chi connectivity index (χ3n) is 13.0. The zero-order valence-corrected chi connectivity index (χ0v) is 35.0. The van der Waals surface area contributed by atoms with Crippen LogP contribution in [0.5, 0.6) is 0 Å². The fourth-order valence-corrected chi connectivity index (χ4v) is 10.3. The van der Waals surface area contributed by atoms with Gasteiger partial charge in [-0.05, 0) is 42.5 Å². The fraction of sp³-hybridized carbons (Fsp3) is 0. The van der Waals surface area contributed by atoms with Crippen molar-refractivity contribution in [2.75, 3.05) is 0 Å².